The summed E-state index contributed by atoms with van der Waals surface area (Å²) in [6.07, 6.45) is -3.70. The third kappa shape index (κ3) is 4.86. The number of alkyl halides is 5. The highest BCUT2D eigenvalue weighted by Crippen LogP contribution is 2.43. The van der Waals surface area contributed by atoms with Crippen LogP contribution < -0.4 is 9.80 Å². The summed E-state index contributed by atoms with van der Waals surface area (Å²) in [6.45, 7) is 1.52. The zero-order valence-electron chi connectivity index (χ0n) is 20.5. The molecule has 3 aromatic heterocycles. The second-order valence-electron chi connectivity index (χ2n) is 9.35. The predicted octanol–water partition coefficient (Wildman–Crippen LogP) is 6.31. The molecule has 1 aliphatic rings. The monoisotopic (exact) mass is 552 g/mol. The van der Waals surface area contributed by atoms with E-state index in [9.17, 15) is 13.2 Å². The number of pyridine rings is 1. The molecule has 0 spiro atoms. The molecule has 0 amide bonds. The van der Waals surface area contributed by atoms with Gasteiger partial charge >= 0.3 is 6.18 Å². The summed E-state index contributed by atoms with van der Waals surface area (Å²) < 4.78 is 84.9. The van der Waals surface area contributed by atoms with Gasteiger partial charge in [0.25, 0.3) is 5.92 Å². The van der Waals surface area contributed by atoms with Crippen LogP contribution in [0.2, 0.25) is 0 Å². The Morgan fingerprint density at radius 3 is 2.50 bits per heavy atom. The van der Waals surface area contributed by atoms with E-state index in [0.717, 1.165) is 23.5 Å². The van der Waals surface area contributed by atoms with E-state index in [1.807, 2.05) is 0 Å². The van der Waals surface area contributed by atoms with E-state index in [1.54, 1.807) is 43.0 Å². The Morgan fingerprint density at radius 2 is 1.84 bits per heavy atom. The van der Waals surface area contributed by atoms with Gasteiger partial charge in [0.1, 0.15) is 10.5 Å². The van der Waals surface area contributed by atoms with Crippen molar-refractivity contribution >= 4 is 32.8 Å². The molecule has 0 unspecified atom stereocenters. The maximum absolute atomic E-state index is 15.1. The van der Waals surface area contributed by atoms with Crippen LogP contribution in [0.25, 0.3) is 21.6 Å². The zero-order chi connectivity index (χ0) is 27.4. The van der Waals surface area contributed by atoms with Gasteiger partial charge in [0.2, 0.25) is 5.95 Å². The number of fused-ring (bicyclic) bond motifs is 1. The molecule has 0 aliphatic carbocycles. The van der Waals surface area contributed by atoms with Crippen molar-refractivity contribution in [2.24, 2.45) is 0 Å². The molecule has 200 valence electrons. The molecule has 1 saturated heterocycles. The average molecular weight is 553 g/mol. The quantitative estimate of drug-likeness (QED) is 0.277. The molecule has 0 N–H and O–H groups in total. The van der Waals surface area contributed by atoms with E-state index in [0.29, 0.717) is 27.2 Å². The number of nitrogens with zero attached hydrogens (tertiary/aromatic N) is 6. The van der Waals surface area contributed by atoms with Crippen molar-refractivity contribution in [3.8, 4) is 11.3 Å². The third-order valence-corrected chi connectivity index (χ3v) is 7.62. The molecule has 5 rings (SSSR count). The minimum absolute atomic E-state index is 0.0497. The highest BCUT2D eigenvalue weighted by atomic mass is 32.1. The molecule has 4 aromatic rings. The summed E-state index contributed by atoms with van der Waals surface area (Å²) in [4.78, 5) is 20.8. The number of piperidine rings is 1. The van der Waals surface area contributed by atoms with Gasteiger partial charge in [0.05, 0.1) is 17.2 Å². The van der Waals surface area contributed by atoms with Crippen LogP contribution in [0.3, 0.4) is 0 Å². The summed E-state index contributed by atoms with van der Waals surface area (Å²) in [5.74, 6) is -5.22. The fourth-order valence-electron chi connectivity index (χ4n) is 4.42. The third-order valence-electron chi connectivity index (χ3n) is 6.40. The van der Waals surface area contributed by atoms with Crippen molar-refractivity contribution in [3.63, 3.8) is 0 Å². The normalized spacial score (nSPS) is 17.7. The molecule has 1 aliphatic heterocycles. The molecule has 0 bridgehead atoms. The molecular formula is C25H22F6N6S. The molecule has 4 heterocycles. The second-order valence-corrected chi connectivity index (χ2v) is 10.3. The van der Waals surface area contributed by atoms with Crippen LogP contribution in [0, 0.1) is 12.7 Å². The van der Waals surface area contributed by atoms with Crippen LogP contribution in [0.4, 0.5) is 37.4 Å². The SMILES string of the molecule is Cc1cc([C@@H]2CN(c3nc(-c4ccc(C(F)(F)F)cc4F)c4sc(N(C)C)nc4n3)CCC2(F)F)ccn1. The van der Waals surface area contributed by atoms with Crippen LogP contribution in [0.5, 0.6) is 0 Å². The largest absolute Gasteiger partial charge is 0.416 e. The molecule has 1 fully saturated rings. The minimum atomic E-state index is -4.71. The van der Waals surface area contributed by atoms with Gasteiger partial charge in [0.15, 0.2) is 10.8 Å². The van der Waals surface area contributed by atoms with E-state index < -0.39 is 35.8 Å². The Balaban J connectivity index is 1.62. The number of hydrogen-bond acceptors (Lipinski definition) is 7. The molecule has 6 nitrogen and oxygen atoms in total. The van der Waals surface area contributed by atoms with Crippen LogP contribution in [0.15, 0.2) is 36.5 Å². The van der Waals surface area contributed by atoms with Crippen LogP contribution >= 0.6 is 11.3 Å². The summed E-state index contributed by atoms with van der Waals surface area (Å²) >= 11 is 1.15. The van der Waals surface area contributed by atoms with Gasteiger partial charge in [-0.25, -0.2) is 18.2 Å². The lowest BCUT2D eigenvalue weighted by Crippen LogP contribution is -2.46. The topological polar surface area (TPSA) is 58.0 Å². The van der Waals surface area contributed by atoms with Gasteiger partial charge in [0, 0.05) is 51.1 Å². The van der Waals surface area contributed by atoms with E-state index >= 15 is 13.2 Å². The van der Waals surface area contributed by atoms with Crippen molar-refractivity contribution in [1.29, 1.82) is 0 Å². The van der Waals surface area contributed by atoms with Crippen LogP contribution in [-0.4, -0.2) is 53.0 Å². The number of thiazole rings is 1. The smallest absolute Gasteiger partial charge is 0.354 e. The van der Waals surface area contributed by atoms with Crippen LogP contribution in [-0.2, 0) is 6.18 Å². The molecule has 13 heteroatoms. The lowest BCUT2D eigenvalue weighted by Gasteiger charge is -2.38. The van der Waals surface area contributed by atoms with Gasteiger partial charge in [-0.05, 0) is 42.8 Å². The van der Waals surface area contributed by atoms with Crippen molar-refractivity contribution in [3.05, 3.63) is 59.2 Å². The van der Waals surface area contributed by atoms with Gasteiger partial charge in [-0.15, -0.1) is 0 Å². The molecule has 38 heavy (non-hydrogen) atoms. The first-order valence-corrected chi connectivity index (χ1v) is 12.4. The van der Waals surface area contributed by atoms with Gasteiger partial charge in [-0.1, -0.05) is 11.3 Å². The molecule has 1 aromatic carbocycles. The lowest BCUT2D eigenvalue weighted by atomic mass is 9.87. The first-order chi connectivity index (χ1) is 17.8. The second kappa shape index (κ2) is 9.37. The van der Waals surface area contributed by atoms with E-state index in [-0.39, 0.29) is 35.9 Å². The maximum Gasteiger partial charge on any atom is 0.416 e. The van der Waals surface area contributed by atoms with E-state index in [1.165, 1.54) is 6.20 Å². The molecule has 0 saturated carbocycles. The van der Waals surface area contributed by atoms with Crippen LogP contribution in [0.1, 0.15) is 29.2 Å². The predicted molar refractivity (Wildman–Crippen MR) is 133 cm³/mol. The number of anilines is 2. The Hall–Kier alpha value is -3.48. The Kier molecular flexibility index (Phi) is 6.44. The number of halogens is 6. The fraction of sp³-hybridized carbons (Fsp3) is 0.360. The number of benzene rings is 1. The Labute approximate surface area is 218 Å². The summed E-state index contributed by atoms with van der Waals surface area (Å²) in [5.41, 5.74) is -0.0136. The van der Waals surface area contributed by atoms with Crippen molar-refractivity contribution in [2.75, 3.05) is 37.0 Å². The maximum atomic E-state index is 15.1. The highest BCUT2D eigenvalue weighted by molar-refractivity contribution is 7.22. The average Bonchev–Trinajstić information content (AvgIpc) is 3.28. The highest BCUT2D eigenvalue weighted by Gasteiger charge is 2.45. The first kappa shape index (κ1) is 26.1. The van der Waals surface area contributed by atoms with E-state index in [4.69, 9.17) is 0 Å². The number of hydrogen-bond donors (Lipinski definition) is 0. The Morgan fingerprint density at radius 1 is 1.08 bits per heavy atom. The number of aromatic nitrogens is 4. The standard InChI is InChI=1S/C25H22F6N6S/c1-13-10-14(6-8-32-13)17-12-37(9-7-24(17,27)28)22-33-19(20-21(34-22)35-23(38-20)36(2)3)16-5-4-15(11-18(16)26)25(29,30)31/h4-6,8,10-11,17H,7,9,12H2,1-3H3/t17-/m0/s1. The van der Waals surface area contributed by atoms with Crippen molar-refractivity contribution in [1.82, 2.24) is 19.9 Å². The minimum Gasteiger partial charge on any atom is -0.354 e. The summed E-state index contributed by atoms with van der Waals surface area (Å²) in [5, 5.41) is 0.523. The van der Waals surface area contributed by atoms with Gasteiger partial charge < -0.3 is 9.80 Å². The van der Waals surface area contributed by atoms with Crippen molar-refractivity contribution < 1.29 is 26.3 Å². The van der Waals surface area contributed by atoms with Gasteiger partial charge in [-0.3, -0.25) is 4.98 Å². The van der Waals surface area contributed by atoms with Gasteiger partial charge in [-0.2, -0.15) is 23.1 Å². The number of rotatable bonds is 4. The summed E-state index contributed by atoms with van der Waals surface area (Å²) in [7, 11) is 3.50. The van der Waals surface area contributed by atoms with Crippen molar-refractivity contribution in [2.45, 2.75) is 31.4 Å². The Bertz CT molecular complexity index is 1500. The molecular weight excluding hydrogens is 530 g/mol. The lowest BCUT2D eigenvalue weighted by molar-refractivity contribution is -0.137. The first-order valence-electron chi connectivity index (χ1n) is 11.6. The molecule has 1 atom stereocenters. The number of aryl methyl sites for hydroxylation is 1. The fourth-order valence-corrected chi connectivity index (χ4v) is 5.35. The molecule has 0 radical (unpaired) electrons. The van der Waals surface area contributed by atoms with E-state index in [2.05, 4.69) is 19.9 Å². The zero-order valence-corrected chi connectivity index (χ0v) is 21.3. The summed E-state index contributed by atoms with van der Waals surface area (Å²) in [6, 6.07) is 5.37.